The molecule has 4 nitrogen and oxygen atoms in total. The van der Waals surface area contributed by atoms with Crippen molar-refractivity contribution in [1.29, 1.82) is 0 Å². The van der Waals surface area contributed by atoms with Crippen molar-refractivity contribution in [2.75, 3.05) is 11.5 Å². The van der Waals surface area contributed by atoms with Crippen LogP contribution in [0.1, 0.15) is 12.0 Å². The van der Waals surface area contributed by atoms with Crippen LogP contribution in [-0.2, 0) is 4.79 Å². The van der Waals surface area contributed by atoms with Gasteiger partial charge in [-0.2, -0.15) is 0 Å². The molecule has 0 unspecified atom stereocenters. The van der Waals surface area contributed by atoms with Gasteiger partial charge in [-0.15, -0.1) is 0 Å². The van der Waals surface area contributed by atoms with E-state index < -0.39 is 0 Å². The van der Waals surface area contributed by atoms with E-state index in [0.717, 1.165) is 11.8 Å². The Kier molecular flexibility index (Phi) is 3.03. The van der Waals surface area contributed by atoms with Crippen molar-refractivity contribution in [3.05, 3.63) is 23.9 Å². The number of hydrogen-bond donors (Lipinski definition) is 2. The van der Waals surface area contributed by atoms with Gasteiger partial charge in [0.25, 0.3) is 0 Å². The van der Waals surface area contributed by atoms with Gasteiger partial charge in [0.2, 0.25) is 0 Å². The fraction of sp³-hybridized carbons (Fsp3) is 0.111. The summed E-state index contributed by atoms with van der Waals surface area (Å²) in [6, 6.07) is 1.71. The van der Waals surface area contributed by atoms with Gasteiger partial charge in [0.1, 0.15) is 12.1 Å². The monoisotopic (exact) mass is 177 g/mol. The van der Waals surface area contributed by atoms with Gasteiger partial charge >= 0.3 is 0 Å². The van der Waals surface area contributed by atoms with Crippen LogP contribution in [0.15, 0.2) is 18.3 Å². The molecule has 68 valence electrons. The maximum absolute atomic E-state index is 10.0. The Labute approximate surface area is 76.3 Å². The third-order valence-electron chi connectivity index (χ3n) is 1.51. The van der Waals surface area contributed by atoms with Crippen LogP contribution >= 0.6 is 0 Å². The third-order valence-corrected chi connectivity index (χ3v) is 1.51. The molecule has 0 spiro atoms. The highest BCUT2D eigenvalue weighted by Gasteiger charge is 1.94. The van der Waals surface area contributed by atoms with Crippen LogP contribution in [0.3, 0.4) is 0 Å². The van der Waals surface area contributed by atoms with Gasteiger partial charge in [0.15, 0.2) is 0 Å². The molecule has 4 heteroatoms. The van der Waals surface area contributed by atoms with E-state index in [-0.39, 0.29) is 0 Å². The van der Waals surface area contributed by atoms with Crippen LogP contribution in [0.25, 0.3) is 6.08 Å². The average Bonchev–Trinajstić information content (AvgIpc) is 2.12. The number of pyridine rings is 1. The molecule has 0 aliphatic heterocycles. The van der Waals surface area contributed by atoms with Crippen LogP contribution in [-0.4, -0.2) is 11.3 Å². The molecule has 0 aliphatic carbocycles. The number of hydrogen-bond acceptors (Lipinski definition) is 4. The van der Waals surface area contributed by atoms with Gasteiger partial charge < -0.3 is 16.3 Å². The summed E-state index contributed by atoms with van der Waals surface area (Å²) in [4.78, 5) is 13.9. The van der Waals surface area contributed by atoms with Crippen molar-refractivity contribution in [3.63, 3.8) is 0 Å². The van der Waals surface area contributed by atoms with Gasteiger partial charge in [-0.25, -0.2) is 4.98 Å². The highest BCUT2D eigenvalue weighted by atomic mass is 16.1. The minimum absolute atomic E-state index is 0.326. The number of allylic oxidation sites excluding steroid dienone is 1. The van der Waals surface area contributed by atoms with Crippen LogP contribution in [0, 0.1) is 0 Å². The van der Waals surface area contributed by atoms with Crippen molar-refractivity contribution in [1.82, 2.24) is 4.98 Å². The van der Waals surface area contributed by atoms with Crippen molar-refractivity contribution in [2.45, 2.75) is 6.42 Å². The third kappa shape index (κ3) is 2.59. The predicted octanol–water partition coefficient (Wildman–Crippen LogP) is 0.848. The first-order valence-electron chi connectivity index (χ1n) is 3.85. The van der Waals surface area contributed by atoms with Crippen LogP contribution in [0.5, 0.6) is 0 Å². The molecule has 4 N–H and O–H groups in total. The molecule has 0 aromatic carbocycles. The van der Waals surface area contributed by atoms with E-state index >= 15 is 0 Å². The first kappa shape index (κ1) is 9.25. The summed E-state index contributed by atoms with van der Waals surface area (Å²) in [6.45, 7) is 0. The lowest BCUT2D eigenvalue weighted by atomic mass is 10.2. The number of carbonyl (C=O) groups is 1. The second-order valence-corrected chi connectivity index (χ2v) is 2.55. The number of carbonyl (C=O) groups excluding carboxylic acids is 1. The van der Waals surface area contributed by atoms with E-state index in [2.05, 4.69) is 4.98 Å². The molecule has 0 aliphatic rings. The largest absolute Gasteiger partial charge is 0.396 e. The van der Waals surface area contributed by atoms with Gasteiger partial charge in [-0.1, -0.05) is 12.2 Å². The zero-order valence-corrected chi connectivity index (χ0v) is 7.10. The number of rotatable bonds is 3. The summed E-state index contributed by atoms with van der Waals surface area (Å²) in [6.07, 6.45) is 6.33. The Balaban J connectivity index is 2.79. The van der Waals surface area contributed by atoms with Gasteiger partial charge in [-0.3, -0.25) is 0 Å². The topological polar surface area (TPSA) is 82.0 Å². The van der Waals surface area contributed by atoms with E-state index in [1.54, 1.807) is 24.4 Å². The summed E-state index contributed by atoms with van der Waals surface area (Å²) < 4.78 is 0. The molecule has 13 heavy (non-hydrogen) atoms. The number of aromatic nitrogens is 1. The van der Waals surface area contributed by atoms with Crippen LogP contribution in [0.4, 0.5) is 11.5 Å². The average molecular weight is 177 g/mol. The molecule has 0 radical (unpaired) electrons. The summed E-state index contributed by atoms with van der Waals surface area (Å²) in [5, 5.41) is 0. The predicted molar refractivity (Wildman–Crippen MR) is 52.8 cm³/mol. The van der Waals surface area contributed by atoms with Crippen LogP contribution < -0.4 is 11.5 Å². The number of nitrogens with zero attached hydrogens (tertiary/aromatic N) is 1. The molecule has 1 aromatic rings. The van der Waals surface area contributed by atoms with Gasteiger partial charge in [0.05, 0.1) is 5.69 Å². The van der Waals surface area contributed by atoms with Crippen LogP contribution in [0.2, 0.25) is 0 Å². The second-order valence-electron chi connectivity index (χ2n) is 2.55. The molecular weight excluding hydrogens is 166 g/mol. The summed E-state index contributed by atoms with van der Waals surface area (Å²) in [5.41, 5.74) is 12.3. The van der Waals surface area contributed by atoms with Crippen molar-refractivity contribution >= 4 is 23.9 Å². The summed E-state index contributed by atoms with van der Waals surface area (Å²) >= 11 is 0. The fourth-order valence-electron chi connectivity index (χ4n) is 0.860. The molecule has 0 saturated heterocycles. The maximum atomic E-state index is 10.0. The Hall–Kier alpha value is -1.84. The summed E-state index contributed by atoms with van der Waals surface area (Å²) in [7, 11) is 0. The quantitative estimate of drug-likeness (QED) is 0.670. The standard InChI is InChI=1S/C9H11N3O/c10-8-5-7(3-1-2-4-13)6-12-9(8)11/h1,3-6H,2,10H2,(H2,11,12). The normalized spacial score (nSPS) is 10.5. The van der Waals surface area contributed by atoms with E-state index in [4.69, 9.17) is 11.5 Å². The molecular formula is C9H11N3O. The highest BCUT2D eigenvalue weighted by molar-refractivity contribution is 5.65. The van der Waals surface area contributed by atoms with E-state index in [9.17, 15) is 4.79 Å². The molecule has 0 atom stereocenters. The number of nitrogen functional groups attached to an aromatic ring is 2. The smallest absolute Gasteiger partial charge is 0.146 e. The van der Waals surface area contributed by atoms with Crippen molar-refractivity contribution in [3.8, 4) is 0 Å². The first-order valence-corrected chi connectivity index (χ1v) is 3.85. The van der Waals surface area contributed by atoms with Crippen molar-refractivity contribution in [2.24, 2.45) is 0 Å². The highest BCUT2D eigenvalue weighted by Crippen LogP contribution is 2.13. The lowest BCUT2D eigenvalue weighted by Crippen LogP contribution is -1.97. The SMILES string of the molecule is Nc1cc(C=CCC=O)cnc1N. The Morgan fingerprint density at radius 1 is 1.46 bits per heavy atom. The summed E-state index contributed by atoms with van der Waals surface area (Å²) in [5.74, 6) is 0.326. The maximum Gasteiger partial charge on any atom is 0.146 e. The minimum atomic E-state index is 0.326. The van der Waals surface area contributed by atoms with E-state index in [1.165, 1.54) is 0 Å². The molecule has 0 fully saturated rings. The number of nitrogens with two attached hydrogens (primary N) is 2. The Morgan fingerprint density at radius 2 is 2.23 bits per heavy atom. The second kappa shape index (κ2) is 4.25. The van der Waals surface area contributed by atoms with Crippen molar-refractivity contribution < 1.29 is 4.79 Å². The number of anilines is 2. The molecule has 1 heterocycles. The zero-order chi connectivity index (χ0) is 9.68. The van der Waals surface area contributed by atoms with Gasteiger partial charge in [-0.05, 0) is 11.6 Å². The zero-order valence-electron chi connectivity index (χ0n) is 7.10. The molecule has 1 rings (SSSR count). The molecule has 0 saturated carbocycles. The lowest BCUT2D eigenvalue weighted by molar-refractivity contribution is -0.107. The Bertz CT molecular complexity index is 334. The molecule has 1 aromatic heterocycles. The van der Waals surface area contributed by atoms with Gasteiger partial charge in [0, 0.05) is 12.6 Å². The minimum Gasteiger partial charge on any atom is -0.396 e. The fourth-order valence-corrected chi connectivity index (χ4v) is 0.860. The Morgan fingerprint density at radius 3 is 2.85 bits per heavy atom. The van der Waals surface area contributed by atoms with E-state index in [1.807, 2.05) is 0 Å². The lowest BCUT2D eigenvalue weighted by Gasteiger charge is -1.98. The molecule has 0 amide bonds. The molecule has 0 bridgehead atoms. The van der Waals surface area contributed by atoms with E-state index in [0.29, 0.717) is 17.9 Å². The number of aldehydes is 1. The first-order chi connectivity index (χ1) is 6.24.